The van der Waals surface area contributed by atoms with E-state index in [-0.39, 0.29) is 5.69 Å². The molecule has 8 heteroatoms. The van der Waals surface area contributed by atoms with E-state index in [1.54, 1.807) is 23.5 Å². The van der Waals surface area contributed by atoms with E-state index >= 15 is 0 Å². The average Bonchev–Trinajstić information content (AvgIpc) is 3.38. The van der Waals surface area contributed by atoms with Crippen molar-refractivity contribution in [2.75, 3.05) is 10.6 Å². The summed E-state index contributed by atoms with van der Waals surface area (Å²) in [6.07, 6.45) is 0.236. The van der Waals surface area contributed by atoms with Crippen LogP contribution in [0.2, 0.25) is 0 Å². The number of carbonyl (C=O) groups excluding carboxylic acids is 1. The zero-order valence-corrected chi connectivity index (χ0v) is 17.7. The normalized spacial score (nSPS) is 14.6. The molecule has 2 N–H and O–H groups in total. The van der Waals surface area contributed by atoms with Crippen LogP contribution in [0.1, 0.15) is 41.9 Å². The Kier molecular flexibility index (Phi) is 6.00. The molecule has 1 aliphatic rings. The Hall–Kier alpha value is -2.87. The van der Waals surface area contributed by atoms with E-state index in [0.29, 0.717) is 5.69 Å². The van der Waals surface area contributed by atoms with Crippen LogP contribution < -0.4 is 10.6 Å². The van der Waals surface area contributed by atoms with E-state index in [0.717, 1.165) is 46.1 Å². The third kappa shape index (κ3) is 5.07. The molecule has 0 saturated heterocycles. The summed E-state index contributed by atoms with van der Waals surface area (Å²) in [6.45, 7) is 2.00. The van der Waals surface area contributed by atoms with Gasteiger partial charge in [0.25, 0.3) is 0 Å². The maximum absolute atomic E-state index is 12.8. The van der Waals surface area contributed by atoms with Gasteiger partial charge in [-0.1, -0.05) is 31.0 Å². The van der Waals surface area contributed by atoms with E-state index in [2.05, 4.69) is 10.6 Å². The lowest BCUT2D eigenvalue weighted by atomic mass is 10.1. The van der Waals surface area contributed by atoms with Crippen molar-refractivity contribution >= 4 is 28.7 Å². The number of anilines is 2. The highest BCUT2D eigenvalue weighted by Crippen LogP contribution is 2.39. The van der Waals surface area contributed by atoms with Crippen molar-refractivity contribution in [2.24, 2.45) is 0 Å². The van der Waals surface area contributed by atoms with E-state index in [9.17, 15) is 18.0 Å². The molecule has 0 bridgehead atoms. The second kappa shape index (κ2) is 8.70. The minimum atomic E-state index is -4.46. The summed E-state index contributed by atoms with van der Waals surface area (Å²) in [5.41, 5.74) is 1.80. The molecule has 31 heavy (non-hydrogen) atoms. The SMILES string of the molecule is Cc1nc([C]2CCCC2)sc1-c1ccc(NC(=O)Nc2cccc(C(F)(F)F)c2)cc1. The standard InChI is InChI=1S/C23H21F3N3OS/c1-14-20(31-21(27-14)16-5-2-3-6-16)15-9-11-18(12-10-15)28-22(30)29-19-8-4-7-17(13-19)23(24,25)26/h4,7-13H,2-3,5-6H2,1H3,(H2,28,29,30). The van der Waals surface area contributed by atoms with Gasteiger partial charge < -0.3 is 10.6 Å². The van der Waals surface area contributed by atoms with Gasteiger partial charge in [-0.25, -0.2) is 9.78 Å². The van der Waals surface area contributed by atoms with Gasteiger partial charge in [-0.15, -0.1) is 11.3 Å². The molecule has 1 aromatic heterocycles. The Bertz CT molecular complexity index is 1070. The largest absolute Gasteiger partial charge is 0.416 e. The van der Waals surface area contributed by atoms with Crippen LogP contribution >= 0.6 is 11.3 Å². The fourth-order valence-corrected chi connectivity index (χ4v) is 4.77. The topological polar surface area (TPSA) is 54.0 Å². The summed E-state index contributed by atoms with van der Waals surface area (Å²) in [5.74, 6) is 1.43. The first-order chi connectivity index (χ1) is 14.8. The molecular weight excluding hydrogens is 423 g/mol. The predicted molar refractivity (Wildman–Crippen MR) is 117 cm³/mol. The van der Waals surface area contributed by atoms with Crippen LogP contribution in [0.4, 0.5) is 29.3 Å². The van der Waals surface area contributed by atoms with Crippen LogP contribution in [0.25, 0.3) is 10.4 Å². The summed E-state index contributed by atoms with van der Waals surface area (Å²) < 4.78 is 38.4. The fraction of sp³-hybridized carbons (Fsp3) is 0.261. The number of hydrogen-bond acceptors (Lipinski definition) is 3. The van der Waals surface area contributed by atoms with Crippen molar-refractivity contribution in [3.05, 3.63) is 70.7 Å². The predicted octanol–water partition coefficient (Wildman–Crippen LogP) is 7.28. The highest BCUT2D eigenvalue weighted by Gasteiger charge is 2.30. The average molecular weight is 445 g/mol. The number of thiazole rings is 1. The van der Waals surface area contributed by atoms with Gasteiger partial charge in [0.1, 0.15) is 5.01 Å². The zero-order valence-electron chi connectivity index (χ0n) is 16.8. The number of nitrogens with zero attached hydrogens (tertiary/aromatic N) is 1. The Balaban J connectivity index is 1.41. The molecule has 161 valence electrons. The maximum Gasteiger partial charge on any atom is 0.416 e. The molecule has 1 heterocycles. The highest BCUT2D eigenvalue weighted by atomic mass is 32.1. The number of aryl methyl sites for hydroxylation is 1. The highest BCUT2D eigenvalue weighted by molar-refractivity contribution is 7.15. The first-order valence-electron chi connectivity index (χ1n) is 9.98. The van der Waals surface area contributed by atoms with Gasteiger partial charge in [0.15, 0.2) is 0 Å². The molecule has 1 aliphatic carbocycles. The van der Waals surface area contributed by atoms with Crippen LogP contribution in [0.15, 0.2) is 48.5 Å². The number of carbonyl (C=O) groups is 1. The Morgan fingerprint density at radius 2 is 1.68 bits per heavy atom. The lowest BCUT2D eigenvalue weighted by Crippen LogP contribution is -2.19. The Labute approximate surface area is 182 Å². The van der Waals surface area contributed by atoms with Crippen molar-refractivity contribution in [1.29, 1.82) is 0 Å². The summed E-state index contributed by atoms with van der Waals surface area (Å²) in [7, 11) is 0. The maximum atomic E-state index is 12.8. The number of amides is 2. The summed E-state index contributed by atoms with van der Waals surface area (Å²) in [5, 5.41) is 6.19. The van der Waals surface area contributed by atoms with Crippen molar-refractivity contribution in [2.45, 2.75) is 38.8 Å². The minimum absolute atomic E-state index is 0.0705. The second-order valence-corrected chi connectivity index (χ2v) is 8.48. The van der Waals surface area contributed by atoms with Gasteiger partial charge in [-0.2, -0.15) is 13.2 Å². The number of alkyl halides is 3. The molecule has 4 rings (SSSR count). The van der Waals surface area contributed by atoms with Gasteiger partial charge >= 0.3 is 12.2 Å². The van der Waals surface area contributed by atoms with Gasteiger partial charge in [0.05, 0.1) is 16.1 Å². The van der Waals surface area contributed by atoms with Crippen LogP contribution in [0, 0.1) is 12.8 Å². The van der Waals surface area contributed by atoms with Crippen LogP contribution in [0.3, 0.4) is 0 Å². The lowest BCUT2D eigenvalue weighted by Gasteiger charge is -2.11. The molecule has 0 aliphatic heterocycles. The molecule has 0 unspecified atom stereocenters. The van der Waals surface area contributed by atoms with Crippen molar-refractivity contribution in [1.82, 2.24) is 4.98 Å². The Morgan fingerprint density at radius 3 is 2.35 bits per heavy atom. The van der Waals surface area contributed by atoms with Gasteiger partial charge in [0, 0.05) is 17.3 Å². The molecule has 0 spiro atoms. The smallest absolute Gasteiger partial charge is 0.308 e. The van der Waals surface area contributed by atoms with Gasteiger partial charge in [-0.05, 0) is 55.7 Å². The van der Waals surface area contributed by atoms with Crippen molar-refractivity contribution in [3.8, 4) is 10.4 Å². The van der Waals surface area contributed by atoms with E-state index in [1.165, 1.54) is 30.9 Å². The fourth-order valence-electron chi connectivity index (χ4n) is 3.60. The molecular formula is C23H21F3N3OS. The molecule has 2 amide bonds. The first kappa shape index (κ1) is 21.4. The van der Waals surface area contributed by atoms with E-state index in [4.69, 9.17) is 4.98 Å². The first-order valence-corrected chi connectivity index (χ1v) is 10.8. The second-order valence-electron chi connectivity index (χ2n) is 7.48. The number of halogens is 3. The number of aromatic nitrogens is 1. The van der Waals surface area contributed by atoms with E-state index in [1.807, 2.05) is 19.1 Å². The van der Waals surface area contributed by atoms with Gasteiger partial charge in [0.2, 0.25) is 0 Å². The third-order valence-electron chi connectivity index (χ3n) is 5.16. The number of nitrogens with one attached hydrogen (secondary N) is 2. The molecule has 4 nitrogen and oxygen atoms in total. The lowest BCUT2D eigenvalue weighted by molar-refractivity contribution is -0.137. The number of urea groups is 1. The third-order valence-corrected chi connectivity index (χ3v) is 6.47. The molecule has 3 aromatic rings. The summed E-state index contributed by atoms with van der Waals surface area (Å²) in [6, 6.07) is 11.3. The molecule has 1 fully saturated rings. The number of benzene rings is 2. The van der Waals surface area contributed by atoms with Crippen molar-refractivity contribution in [3.63, 3.8) is 0 Å². The molecule has 1 saturated carbocycles. The summed E-state index contributed by atoms with van der Waals surface area (Å²) in [4.78, 5) is 18.0. The quantitative estimate of drug-likeness (QED) is 0.444. The Morgan fingerprint density at radius 1 is 1.00 bits per heavy atom. The molecule has 0 atom stereocenters. The molecule has 1 radical (unpaired) electrons. The van der Waals surface area contributed by atoms with E-state index < -0.39 is 17.8 Å². The monoisotopic (exact) mass is 444 g/mol. The minimum Gasteiger partial charge on any atom is -0.308 e. The molecule has 2 aromatic carbocycles. The van der Waals surface area contributed by atoms with Crippen molar-refractivity contribution < 1.29 is 18.0 Å². The van der Waals surface area contributed by atoms with Gasteiger partial charge in [-0.3, -0.25) is 0 Å². The number of rotatable bonds is 4. The number of hydrogen-bond donors (Lipinski definition) is 2. The zero-order chi connectivity index (χ0) is 22.0. The van der Waals surface area contributed by atoms with Crippen LogP contribution in [-0.2, 0) is 6.18 Å². The summed E-state index contributed by atoms with van der Waals surface area (Å²) >= 11 is 1.69. The van der Waals surface area contributed by atoms with Crippen LogP contribution in [-0.4, -0.2) is 11.0 Å². The van der Waals surface area contributed by atoms with Crippen LogP contribution in [0.5, 0.6) is 0 Å².